The summed E-state index contributed by atoms with van der Waals surface area (Å²) in [6, 6.07) is 4.97. The molecule has 1 atom stereocenters. The molecule has 1 aromatic rings. The molecule has 2 rings (SSSR count). The molecule has 6 nitrogen and oxygen atoms in total. The van der Waals surface area contributed by atoms with Crippen LogP contribution in [0.25, 0.3) is 0 Å². The average Bonchev–Trinajstić information content (AvgIpc) is 2.58. The van der Waals surface area contributed by atoms with Gasteiger partial charge >= 0.3 is 5.97 Å². The summed E-state index contributed by atoms with van der Waals surface area (Å²) in [6.07, 6.45) is 0. The molecule has 1 unspecified atom stereocenters. The molecule has 1 aliphatic heterocycles. The van der Waals surface area contributed by atoms with E-state index in [1.165, 1.54) is 7.11 Å². The van der Waals surface area contributed by atoms with Crippen molar-refractivity contribution in [2.45, 2.75) is 13.0 Å². The molecule has 0 fully saturated rings. The summed E-state index contributed by atoms with van der Waals surface area (Å²) in [7, 11) is 6.31. The number of nitrogens with one attached hydrogen (secondary N) is 1. The van der Waals surface area contributed by atoms with Gasteiger partial charge in [-0.1, -0.05) is 0 Å². The first-order valence-electron chi connectivity index (χ1n) is 6.99. The van der Waals surface area contributed by atoms with Gasteiger partial charge in [0.25, 0.3) is 0 Å². The molecule has 0 bridgehead atoms. The molecule has 7 heteroatoms. The van der Waals surface area contributed by atoms with E-state index in [1.807, 2.05) is 19.1 Å². The minimum absolute atomic E-state index is 0.410. The Bertz CT molecular complexity index is 672. The Labute approximate surface area is 141 Å². The molecule has 23 heavy (non-hydrogen) atoms. The SMILES string of the molecule is COC(=O)C1=C(C)N(C)C(=S)NC1c1ccc(OC)cc1OC. The normalized spacial score (nSPS) is 17.7. The third kappa shape index (κ3) is 3.10. The van der Waals surface area contributed by atoms with E-state index in [-0.39, 0.29) is 0 Å². The molecule has 0 amide bonds. The lowest BCUT2D eigenvalue weighted by molar-refractivity contribution is -0.136. The number of carbonyl (C=O) groups is 1. The van der Waals surface area contributed by atoms with Crippen LogP contribution in [-0.2, 0) is 9.53 Å². The first-order valence-corrected chi connectivity index (χ1v) is 7.40. The van der Waals surface area contributed by atoms with Crippen molar-refractivity contribution in [3.8, 4) is 11.5 Å². The molecule has 0 aromatic heterocycles. The van der Waals surface area contributed by atoms with Gasteiger partial charge in [0.1, 0.15) is 11.5 Å². The van der Waals surface area contributed by atoms with Gasteiger partial charge in [0.2, 0.25) is 0 Å². The van der Waals surface area contributed by atoms with E-state index in [1.54, 1.807) is 32.2 Å². The predicted octanol–water partition coefficient (Wildman–Crippen LogP) is 2.01. The van der Waals surface area contributed by atoms with Crippen molar-refractivity contribution in [2.75, 3.05) is 28.4 Å². The van der Waals surface area contributed by atoms with Gasteiger partial charge in [-0.25, -0.2) is 4.79 Å². The lowest BCUT2D eigenvalue weighted by Crippen LogP contribution is -2.46. The standard InChI is InChI=1S/C16H20N2O4S/c1-9-13(15(19)22-5)14(17-16(23)18(9)2)11-7-6-10(20-3)8-12(11)21-4/h6-8,14H,1-5H3,(H,17,23). The summed E-state index contributed by atoms with van der Waals surface area (Å²) >= 11 is 5.35. The third-order valence-corrected chi connectivity index (χ3v) is 4.30. The van der Waals surface area contributed by atoms with Crippen molar-refractivity contribution >= 4 is 23.3 Å². The van der Waals surface area contributed by atoms with Crippen molar-refractivity contribution in [2.24, 2.45) is 0 Å². The van der Waals surface area contributed by atoms with Crippen LogP contribution in [0.3, 0.4) is 0 Å². The maximum Gasteiger partial charge on any atom is 0.337 e. The van der Waals surface area contributed by atoms with E-state index in [0.717, 1.165) is 11.3 Å². The second kappa shape index (κ2) is 6.87. The van der Waals surface area contributed by atoms with E-state index in [2.05, 4.69) is 5.32 Å². The number of carbonyl (C=O) groups excluding carboxylic acids is 1. The zero-order valence-corrected chi connectivity index (χ0v) is 14.6. The number of thiocarbonyl (C=S) groups is 1. The van der Waals surface area contributed by atoms with Gasteiger partial charge in [0.15, 0.2) is 5.11 Å². The highest BCUT2D eigenvalue weighted by atomic mass is 32.1. The Morgan fingerprint density at radius 2 is 1.96 bits per heavy atom. The van der Waals surface area contributed by atoms with Crippen LogP contribution in [0.1, 0.15) is 18.5 Å². The fraction of sp³-hybridized carbons (Fsp3) is 0.375. The van der Waals surface area contributed by atoms with Gasteiger partial charge in [0, 0.05) is 24.4 Å². The van der Waals surface area contributed by atoms with Crippen molar-refractivity contribution in [3.05, 3.63) is 35.0 Å². The van der Waals surface area contributed by atoms with E-state index < -0.39 is 12.0 Å². The summed E-state index contributed by atoms with van der Waals surface area (Å²) in [5.41, 5.74) is 2.01. The molecule has 1 aliphatic rings. The summed E-state index contributed by atoms with van der Waals surface area (Å²) < 4.78 is 15.6. The van der Waals surface area contributed by atoms with Crippen LogP contribution in [0.2, 0.25) is 0 Å². The third-order valence-electron chi connectivity index (χ3n) is 3.91. The van der Waals surface area contributed by atoms with Crippen LogP contribution in [0.15, 0.2) is 29.5 Å². The molecular weight excluding hydrogens is 316 g/mol. The first-order chi connectivity index (χ1) is 10.9. The quantitative estimate of drug-likeness (QED) is 0.667. The molecule has 0 saturated carbocycles. The number of rotatable bonds is 4. The predicted molar refractivity (Wildman–Crippen MR) is 90.5 cm³/mol. The Hall–Kier alpha value is -2.28. The Kier molecular flexibility index (Phi) is 5.10. The number of hydrogen-bond acceptors (Lipinski definition) is 5. The van der Waals surface area contributed by atoms with Gasteiger partial charge in [-0.2, -0.15) is 0 Å². The topological polar surface area (TPSA) is 60.0 Å². The maximum atomic E-state index is 12.3. The summed E-state index contributed by atoms with van der Waals surface area (Å²) in [5, 5.41) is 3.69. The van der Waals surface area contributed by atoms with Gasteiger partial charge < -0.3 is 24.4 Å². The largest absolute Gasteiger partial charge is 0.497 e. The molecule has 0 radical (unpaired) electrons. The van der Waals surface area contributed by atoms with Crippen molar-refractivity contribution in [1.29, 1.82) is 0 Å². The molecule has 0 saturated heterocycles. The second-order valence-corrected chi connectivity index (χ2v) is 5.43. The highest BCUT2D eigenvalue weighted by Crippen LogP contribution is 2.37. The lowest BCUT2D eigenvalue weighted by Gasteiger charge is -2.35. The molecule has 1 N–H and O–H groups in total. The summed E-state index contributed by atoms with van der Waals surface area (Å²) in [4.78, 5) is 14.0. The molecular formula is C16H20N2O4S. The molecule has 1 heterocycles. The van der Waals surface area contributed by atoms with Gasteiger partial charge in [0.05, 0.1) is 32.9 Å². The minimum Gasteiger partial charge on any atom is -0.497 e. The van der Waals surface area contributed by atoms with E-state index in [4.69, 9.17) is 26.4 Å². The zero-order valence-electron chi connectivity index (χ0n) is 13.8. The Balaban J connectivity index is 2.60. The highest BCUT2D eigenvalue weighted by Gasteiger charge is 2.34. The number of esters is 1. The van der Waals surface area contributed by atoms with Crippen LogP contribution in [-0.4, -0.2) is 44.4 Å². The van der Waals surface area contributed by atoms with Gasteiger partial charge in [-0.3, -0.25) is 0 Å². The second-order valence-electron chi connectivity index (χ2n) is 5.04. The molecule has 0 aliphatic carbocycles. The minimum atomic E-state index is -0.452. The molecule has 0 spiro atoms. The fourth-order valence-electron chi connectivity index (χ4n) is 2.50. The zero-order chi connectivity index (χ0) is 17.1. The lowest BCUT2D eigenvalue weighted by atomic mass is 9.94. The number of hydrogen-bond donors (Lipinski definition) is 1. The number of allylic oxidation sites excluding steroid dienone is 1. The van der Waals surface area contributed by atoms with Gasteiger partial charge in [-0.05, 0) is 31.3 Å². The Morgan fingerprint density at radius 3 is 2.52 bits per heavy atom. The number of methoxy groups -OCH3 is 3. The maximum absolute atomic E-state index is 12.3. The van der Waals surface area contributed by atoms with Crippen molar-refractivity contribution in [3.63, 3.8) is 0 Å². The first kappa shape index (κ1) is 17.1. The smallest absolute Gasteiger partial charge is 0.337 e. The van der Waals surface area contributed by atoms with Crippen LogP contribution < -0.4 is 14.8 Å². The van der Waals surface area contributed by atoms with E-state index >= 15 is 0 Å². The number of ether oxygens (including phenoxy) is 3. The van der Waals surface area contributed by atoms with Crippen molar-refractivity contribution < 1.29 is 19.0 Å². The average molecular weight is 336 g/mol. The monoisotopic (exact) mass is 336 g/mol. The number of nitrogens with zero attached hydrogens (tertiary/aromatic N) is 1. The van der Waals surface area contributed by atoms with E-state index in [0.29, 0.717) is 22.2 Å². The highest BCUT2D eigenvalue weighted by molar-refractivity contribution is 7.80. The summed E-state index contributed by atoms with van der Waals surface area (Å²) in [6.45, 7) is 1.84. The summed E-state index contributed by atoms with van der Waals surface area (Å²) in [5.74, 6) is 0.858. The van der Waals surface area contributed by atoms with Crippen LogP contribution >= 0.6 is 12.2 Å². The Morgan fingerprint density at radius 1 is 1.26 bits per heavy atom. The molecule has 1 aromatic carbocycles. The van der Waals surface area contributed by atoms with Crippen LogP contribution in [0.5, 0.6) is 11.5 Å². The van der Waals surface area contributed by atoms with E-state index in [9.17, 15) is 4.79 Å². The van der Waals surface area contributed by atoms with Crippen molar-refractivity contribution in [1.82, 2.24) is 10.2 Å². The number of benzene rings is 1. The van der Waals surface area contributed by atoms with Gasteiger partial charge in [-0.15, -0.1) is 0 Å². The van der Waals surface area contributed by atoms with Crippen LogP contribution in [0, 0.1) is 0 Å². The molecule has 124 valence electrons. The fourth-order valence-corrected chi connectivity index (χ4v) is 2.75. The van der Waals surface area contributed by atoms with Crippen LogP contribution in [0.4, 0.5) is 0 Å².